The minimum absolute atomic E-state index is 0.0384. The first-order valence-corrected chi connectivity index (χ1v) is 9.62. The van der Waals surface area contributed by atoms with Gasteiger partial charge in [-0.3, -0.25) is 4.79 Å². The summed E-state index contributed by atoms with van der Waals surface area (Å²) in [5.74, 6) is -0.907. The molecule has 2 heterocycles. The van der Waals surface area contributed by atoms with Crippen LogP contribution in [-0.2, 0) is 9.53 Å². The van der Waals surface area contributed by atoms with Gasteiger partial charge in [-0.05, 0) is 36.9 Å². The lowest BCUT2D eigenvalue weighted by atomic mass is 10.2. The van der Waals surface area contributed by atoms with E-state index in [0.29, 0.717) is 5.69 Å². The number of carbonyl (C=O) groups excluding carboxylic acids is 2. The van der Waals surface area contributed by atoms with Crippen molar-refractivity contribution in [2.24, 2.45) is 0 Å². The lowest BCUT2D eigenvalue weighted by Gasteiger charge is -2.11. The van der Waals surface area contributed by atoms with Gasteiger partial charge in [0.1, 0.15) is 5.69 Å². The quantitative estimate of drug-likeness (QED) is 0.632. The standard InChI is InChI=1S/C20H21N3O3S/c1-3-14(2)21-19(24)13-26-20(25)17-12-16(18-10-7-11-27-18)22-23(17)15-8-5-4-6-9-15/h4-12,14H,3,13H2,1-2H3,(H,21,24)/t14-/m0/s1. The van der Waals surface area contributed by atoms with Crippen LogP contribution in [0.25, 0.3) is 16.3 Å². The van der Waals surface area contributed by atoms with Gasteiger partial charge >= 0.3 is 5.97 Å². The number of para-hydroxylation sites is 1. The summed E-state index contributed by atoms with van der Waals surface area (Å²) >= 11 is 1.54. The van der Waals surface area contributed by atoms with Gasteiger partial charge in [-0.15, -0.1) is 11.3 Å². The fourth-order valence-electron chi connectivity index (χ4n) is 2.46. The molecule has 0 aliphatic rings. The Morgan fingerprint density at radius 2 is 2.00 bits per heavy atom. The molecule has 0 saturated heterocycles. The molecule has 0 bridgehead atoms. The van der Waals surface area contributed by atoms with Crippen LogP contribution in [0.4, 0.5) is 0 Å². The van der Waals surface area contributed by atoms with Gasteiger partial charge in [0.25, 0.3) is 5.91 Å². The number of rotatable bonds is 7. The van der Waals surface area contributed by atoms with Gasteiger partial charge in [-0.25, -0.2) is 9.48 Å². The van der Waals surface area contributed by atoms with Crippen LogP contribution in [0, 0.1) is 0 Å². The molecule has 0 saturated carbocycles. The van der Waals surface area contributed by atoms with E-state index in [1.54, 1.807) is 22.1 Å². The Labute approximate surface area is 161 Å². The highest BCUT2D eigenvalue weighted by Gasteiger charge is 2.20. The molecule has 0 aliphatic heterocycles. The molecule has 1 amide bonds. The molecule has 1 aromatic carbocycles. The zero-order valence-corrected chi connectivity index (χ0v) is 16.0. The first kappa shape index (κ1) is 18.8. The maximum Gasteiger partial charge on any atom is 0.357 e. The molecule has 1 N–H and O–H groups in total. The predicted molar refractivity (Wildman–Crippen MR) is 105 cm³/mol. The molecule has 3 aromatic rings. The Hall–Kier alpha value is -2.93. The molecule has 27 heavy (non-hydrogen) atoms. The van der Waals surface area contributed by atoms with Crippen LogP contribution in [0.3, 0.4) is 0 Å². The Bertz CT molecular complexity index is 904. The second kappa shape index (κ2) is 8.64. The van der Waals surface area contributed by atoms with Crippen molar-refractivity contribution in [1.29, 1.82) is 0 Å². The Morgan fingerprint density at radius 3 is 2.67 bits per heavy atom. The molecule has 0 fully saturated rings. The second-order valence-electron chi connectivity index (χ2n) is 6.09. The van der Waals surface area contributed by atoms with Crippen molar-refractivity contribution in [3.8, 4) is 16.3 Å². The summed E-state index contributed by atoms with van der Waals surface area (Å²) in [5.41, 5.74) is 1.71. The van der Waals surface area contributed by atoms with E-state index in [2.05, 4.69) is 10.4 Å². The fraction of sp³-hybridized carbons (Fsp3) is 0.250. The van der Waals surface area contributed by atoms with Crippen LogP contribution < -0.4 is 5.32 Å². The summed E-state index contributed by atoms with van der Waals surface area (Å²) in [7, 11) is 0. The van der Waals surface area contributed by atoms with Gasteiger partial charge in [0, 0.05) is 12.1 Å². The van der Waals surface area contributed by atoms with E-state index in [1.807, 2.05) is 61.7 Å². The molecule has 0 radical (unpaired) electrons. The highest BCUT2D eigenvalue weighted by molar-refractivity contribution is 7.13. The van der Waals surface area contributed by atoms with Crippen LogP contribution in [0.5, 0.6) is 0 Å². The van der Waals surface area contributed by atoms with Crippen molar-refractivity contribution in [3.63, 3.8) is 0 Å². The minimum Gasteiger partial charge on any atom is -0.451 e. The van der Waals surface area contributed by atoms with Crippen molar-refractivity contribution >= 4 is 23.2 Å². The van der Waals surface area contributed by atoms with Crippen molar-refractivity contribution in [3.05, 3.63) is 59.6 Å². The van der Waals surface area contributed by atoms with Crippen molar-refractivity contribution in [2.75, 3.05) is 6.61 Å². The minimum atomic E-state index is -0.589. The van der Waals surface area contributed by atoms with E-state index in [-0.39, 0.29) is 24.2 Å². The number of thiophene rings is 1. The molecule has 2 aromatic heterocycles. The average Bonchev–Trinajstić information content (AvgIpc) is 3.36. The van der Waals surface area contributed by atoms with Crippen molar-refractivity contribution in [1.82, 2.24) is 15.1 Å². The van der Waals surface area contributed by atoms with Crippen LogP contribution in [0.2, 0.25) is 0 Å². The number of hydrogen-bond donors (Lipinski definition) is 1. The van der Waals surface area contributed by atoms with Crippen molar-refractivity contribution in [2.45, 2.75) is 26.3 Å². The lowest BCUT2D eigenvalue weighted by Crippen LogP contribution is -2.35. The van der Waals surface area contributed by atoms with Gasteiger partial charge < -0.3 is 10.1 Å². The van der Waals surface area contributed by atoms with E-state index in [9.17, 15) is 9.59 Å². The van der Waals surface area contributed by atoms with Gasteiger partial charge in [0.2, 0.25) is 0 Å². The van der Waals surface area contributed by atoms with E-state index in [0.717, 1.165) is 17.0 Å². The first-order valence-electron chi connectivity index (χ1n) is 8.74. The molecule has 0 unspecified atom stereocenters. The third kappa shape index (κ3) is 4.62. The number of nitrogens with one attached hydrogen (secondary N) is 1. The van der Waals surface area contributed by atoms with Crippen LogP contribution >= 0.6 is 11.3 Å². The zero-order valence-electron chi connectivity index (χ0n) is 15.2. The molecular formula is C20H21N3O3S. The summed E-state index contributed by atoms with van der Waals surface area (Å²) in [5, 5.41) is 9.28. The molecule has 7 heteroatoms. The van der Waals surface area contributed by atoms with Gasteiger partial charge in [0.15, 0.2) is 12.3 Å². The Balaban J connectivity index is 1.83. The molecule has 3 rings (SSSR count). The largest absolute Gasteiger partial charge is 0.451 e. The maximum atomic E-state index is 12.6. The number of carbonyl (C=O) groups is 2. The smallest absolute Gasteiger partial charge is 0.357 e. The lowest BCUT2D eigenvalue weighted by molar-refractivity contribution is -0.124. The highest BCUT2D eigenvalue weighted by atomic mass is 32.1. The molecular weight excluding hydrogens is 362 g/mol. The van der Waals surface area contributed by atoms with Crippen LogP contribution in [0.1, 0.15) is 30.8 Å². The SMILES string of the molecule is CC[C@H](C)NC(=O)COC(=O)c1cc(-c2cccs2)nn1-c1ccccc1. The Kier molecular flexibility index (Phi) is 6.03. The number of amides is 1. The number of hydrogen-bond acceptors (Lipinski definition) is 5. The molecule has 6 nitrogen and oxygen atoms in total. The summed E-state index contributed by atoms with van der Waals surface area (Å²) < 4.78 is 6.77. The number of aromatic nitrogens is 2. The van der Waals surface area contributed by atoms with Gasteiger partial charge in [-0.2, -0.15) is 5.10 Å². The summed E-state index contributed by atoms with van der Waals surface area (Å²) in [4.78, 5) is 25.5. The molecule has 0 spiro atoms. The van der Waals surface area contributed by atoms with Gasteiger partial charge in [-0.1, -0.05) is 31.2 Å². The second-order valence-corrected chi connectivity index (χ2v) is 7.04. The monoisotopic (exact) mass is 383 g/mol. The van der Waals surface area contributed by atoms with Crippen molar-refractivity contribution < 1.29 is 14.3 Å². The predicted octanol–water partition coefficient (Wildman–Crippen LogP) is 3.67. The highest BCUT2D eigenvalue weighted by Crippen LogP contribution is 2.26. The van der Waals surface area contributed by atoms with E-state index < -0.39 is 5.97 Å². The van der Waals surface area contributed by atoms with E-state index in [4.69, 9.17) is 4.74 Å². The molecule has 0 aliphatic carbocycles. The summed E-state index contributed by atoms with van der Waals surface area (Å²) in [6.45, 7) is 3.55. The number of esters is 1. The van der Waals surface area contributed by atoms with E-state index >= 15 is 0 Å². The number of ether oxygens (including phenoxy) is 1. The van der Waals surface area contributed by atoms with E-state index in [1.165, 1.54) is 0 Å². The molecule has 1 atom stereocenters. The van der Waals surface area contributed by atoms with Crippen LogP contribution in [0.15, 0.2) is 53.9 Å². The van der Waals surface area contributed by atoms with Gasteiger partial charge in [0.05, 0.1) is 10.6 Å². The number of nitrogens with zero attached hydrogens (tertiary/aromatic N) is 2. The average molecular weight is 383 g/mol. The number of benzene rings is 1. The summed E-state index contributed by atoms with van der Waals surface area (Å²) in [6, 6.07) is 15.0. The summed E-state index contributed by atoms with van der Waals surface area (Å²) in [6.07, 6.45) is 0.810. The third-order valence-corrected chi connectivity index (χ3v) is 4.94. The first-order chi connectivity index (χ1) is 13.1. The topological polar surface area (TPSA) is 73.2 Å². The third-order valence-electron chi connectivity index (χ3n) is 4.05. The Morgan fingerprint density at radius 1 is 1.22 bits per heavy atom. The molecule has 140 valence electrons. The van der Waals surface area contributed by atoms with Crippen LogP contribution in [-0.4, -0.2) is 34.3 Å². The normalized spacial score (nSPS) is 11.8. The maximum absolute atomic E-state index is 12.6. The zero-order chi connectivity index (χ0) is 19.2. The fourth-order valence-corrected chi connectivity index (χ4v) is 3.14.